The van der Waals surface area contributed by atoms with Crippen molar-refractivity contribution in [1.82, 2.24) is 9.88 Å². The first-order valence-electron chi connectivity index (χ1n) is 9.94. The summed E-state index contributed by atoms with van der Waals surface area (Å²) in [6.45, 7) is 0. The highest BCUT2D eigenvalue weighted by atomic mass is 16.2. The third kappa shape index (κ3) is 2.95. The standard InChI is InChI=1S/C23H21N3O3/c27-21(25-18-8-4-5-11-24-18)17(12-14-6-2-1-3-7-14)26-22(28)19-15-9-10-16(13-15)20(19)23(26)29/h1-11,15-17,19-20H,12-13H2,(H,24,25,27)/t15-,16-,17-,19+,20+/m0/s1. The van der Waals surface area contributed by atoms with E-state index < -0.39 is 11.9 Å². The van der Waals surface area contributed by atoms with Crippen molar-refractivity contribution >= 4 is 23.5 Å². The summed E-state index contributed by atoms with van der Waals surface area (Å²) < 4.78 is 0. The molecule has 29 heavy (non-hydrogen) atoms. The van der Waals surface area contributed by atoms with Gasteiger partial charge in [0, 0.05) is 12.6 Å². The van der Waals surface area contributed by atoms with Crippen molar-refractivity contribution in [3.63, 3.8) is 0 Å². The summed E-state index contributed by atoms with van der Waals surface area (Å²) in [4.78, 5) is 45.0. The molecule has 5 rings (SSSR count). The van der Waals surface area contributed by atoms with Gasteiger partial charge in [0.2, 0.25) is 17.7 Å². The number of benzene rings is 1. The number of fused-ring (bicyclic) bond motifs is 5. The average Bonchev–Trinajstić information content (AvgIpc) is 3.42. The Morgan fingerprint density at radius 1 is 1.00 bits per heavy atom. The molecule has 2 aliphatic carbocycles. The molecule has 1 saturated carbocycles. The van der Waals surface area contributed by atoms with Gasteiger partial charge >= 0.3 is 0 Å². The molecule has 5 atom stereocenters. The lowest BCUT2D eigenvalue weighted by Gasteiger charge is -2.27. The molecule has 146 valence electrons. The Balaban J connectivity index is 1.46. The molecule has 2 heterocycles. The van der Waals surface area contributed by atoms with Crippen molar-refractivity contribution in [2.24, 2.45) is 23.7 Å². The Bertz CT molecular complexity index is 959. The minimum Gasteiger partial charge on any atom is -0.309 e. The number of carbonyl (C=O) groups excluding carboxylic acids is 3. The van der Waals surface area contributed by atoms with Crippen molar-refractivity contribution in [3.05, 3.63) is 72.4 Å². The summed E-state index contributed by atoms with van der Waals surface area (Å²) in [5.74, 6) is -0.837. The van der Waals surface area contributed by atoms with Gasteiger partial charge in [-0.1, -0.05) is 48.6 Å². The number of pyridine rings is 1. The van der Waals surface area contributed by atoms with Crippen molar-refractivity contribution in [2.45, 2.75) is 18.9 Å². The van der Waals surface area contributed by atoms with Crippen LogP contribution in [0.25, 0.3) is 0 Å². The molecular formula is C23H21N3O3. The maximum Gasteiger partial charge on any atom is 0.249 e. The Kier molecular flexibility index (Phi) is 4.27. The van der Waals surface area contributed by atoms with Gasteiger partial charge in [-0.05, 0) is 36.0 Å². The third-order valence-electron chi connectivity index (χ3n) is 6.31. The second-order valence-electron chi connectivity index (χ2n) is 7.96. The highest BCUT2D eigenvalue weighted by Gasteiger charge is 2.61. The first-order valence-corrected chi connectivity index (χ1v) is 9.94. The van der Waals surface area contributed by atoms with Crippen molar-refractivity contribution in [3.8, 4) is 0 Å². The summed E-state index contributed by atoms with van der Waals surface area (Å²) >= 11 is 0. The Hall–Kier alpha value is -3.28. The number of nitrogens with zero attached hydrogens (tertiary/aromatic N) is 2. The number of aromatic nitrogens is 1. The molecule has 2 aromatic rings. The zero-order valence-corrected chi connectivity index (χ0v) is 15.8. The Morgan fingerprint density at radius 3 is 2.28 bits per heavy atom. The van der Waals surface area contributed by atoms with Crippen LogP contribution in [-0.4, -0.2) is 33.6 Å². The van der Waals surface area contributed by atoms with Gasteiger partial charge in [0.05, 0.1) is 11.8 Å². The van der Waals surface area contributed by atoms with Gasteiger partial charge in [-0.2, -0.15) is 0 Å². The fourth-order valence-electron chi connectivity index (χ4n) is 5.02. The SMILES string of the molecule is O=C(Nc1ccccn1)[C@H](Cc1ccccc1)N1C(=O)[C@H]2[C@H](C1=O)[C@H]1C=C[C@H]2C1. The van der Waals surface area contributed by atoms with E-state index in [4.69, 9.17) is 0 Å². The zero-order valence-electron chi connectivity index (χ0n) is 15.8. The molecule has 1 aromatic carbocycles. The predicted octanol–water partition coefficient (Wildman–Crippen LogP) is 2.44. The van der Waals surface area contributed by atoms with E-state index in [1.165, 1.54) is 4.90 Å². The van der Waals surface area contributed by atoms with Gasteiger partial charge in [-0.3, -0.25) is 19.3 Å². The molecule has 3 amide bonds. The molecule has 3 aliphatic rings. The predicted molar refractivity (Wildman–Crippen MR) is 106 cm³/mol. The van der Waals surface area contributed by atoms with Crippen molar-refractivity contribution in [1.29, 1.82) is 0 Å². The largest absolute Gasteiger partial charge is 0.309 e. The van der Waals surface area contributed by atoms with Gasteiger partial charge in [-0.25, -0.2) is 4.98 Å². The smallest absolute Gasteiger partial charge is 0.249 e. The van der Waals surface area contributed by atoms with E-state index in [0.29, 0.717) is 5.82 Å². The number of imide groups is 1. The topological polar surface area (TPSA) is 79.4 Å². The number of nitrogens with one attached hydrogen (secondary N) is 1. The lowest BCUT2D eigenvalue weighted by molar-refractivity contribution is -0.147. The van der Waals surface area contributed by atoms with Crippen LogP contribution in [0.5, 0.6) is 0 Å². The number of likely N-dealkylation sites (tertiary alicyclic amines) is 1. The van der Waals surface area contributed by atoms with Crippen LogP contribution in [0.4, 0.5) is 5.82 Å². The molecular weight excluding hydrogens is 366 g/mol. The monoisotopic (exact) mass is 387 g/mol. The molecule has 6 heteroatoms. The Labute approximate surface area is 168 Å². The van der Waals surface area contributed by atoms with Gasteiger partial charge in [-0.15, -0.1) is 0 Å². The fraction of sp³-hybridized carbons (Fsp3) is 0.304. The summed E-state index contributed by atoms with van der Waals surface area (Å²) in [6, 6.07) is 13.8. The van der Waals surface area contributed by atoms with Crippen LogP contribution in [0.2, 0.25) is 0 Å². The second-order valence-corrected chi connectivity index (χ2v) is 7.96. The van der Waals surface area contributed by atoms with Gasteiger partial charge in [0.25, 0.3) is 0 Å². The van der Waals surface area contributed by atoms with Crippen molar-refractivity contribution < 1.29 is 14.4 Å². The average molecular weight is 387 g/mol. The number of hydrogen-bond donors (Lipinski definition) is 1. The van der Waals surface area contributed by atoms with Gasteiger partial charge < -0.3 is 5.32 Å². The minimum atomic E-state index is -0.899. The number of amides is 3. The second kappa shape index (κ2) is 6.95. The van der Waals surface area contributed by atoms with E-state index in [1.54, 1.807) is 24.4 Å². The van der Waals surface area contributed by atoms with E-state index in [-0.39, 0.29) is 41.9 Å². The molecule has 0 radical (unpaired) electrons. The summed E-state index contributed by atoms with van der Waals surface area (Å²) in [5, 5.41) is 2.77. The summed E-state index contributed by atoms with van der Waals surface area (Å²) in [7, 11) is 0. The number of rotatable bonds is 5. The quantitative estimate of drug-likeness (QED) is 0.631. The summed E-state index contributed by atoms with van der Waals surface area (Å²) in [6.07, 6.45) is 6.84. The molecule has 1 N–H and O–H groups in total. The van der Waals surface area contributed by atoms with Gasteiger partial charge in [0.15, 0.2) is 0 Å². The van der Waals surface area contributed by atoms with Crippen LogP contribution >= 0.6 is 0 Å². The number of carbonyl (C=O) groups is 3. The maximum atomic E-state index is 13.3. The molecule has 6 nitrogen and oxygen atoms in total. The highest BCUT2D eigenvalue weighted by molar-refractivity contribution is 6.10. The van der Waals surface area contributed by atoms with Crippen LogP contribution in [0.1, 0.15) is 12.0 Å². The zero-order chi connectivity index (χ0) is 20.0. The lowest BCUT2D eigenvalue weighted by atomic mass is 9.85. The normalized spacial score (nSPS) is 27.9. The van der Waals surface area contributed by atoms with Crippen LogP contribution in [0.3, 0.4) is 0 Å². The lowest BCUT2D eigenvalue weighted by Crippen LogP contribution is -2.49. The first kappa shape index (κ1) is 17.8. The van der Waals surface area contributed by atoms with Gasteiger partial charge in [0.1, 0.15) is 11.9 Å². The van der Waals surface area contributed by atoms with Crippen LogP contribution < -0.4 is 5.32 Å². The van der Waals surface area contributed by atoms with E-state index in [1.807, 2.05) is 30.3 Å². The molecule has 2 fully saturated rings. The van der Waals surface area contributed by atoms with Crippen LogP contribution in [-0.2, 0) is 20.8 Å². The Morgan fingerprint density at radius 2 is 1.66 bits per heavy atom. The molecule has 0 spiro atoms. The fourth-order valence-corrected chi connectivity index (χ4v) is 5.02. The molecule has 1 aliphatic heterocycles. The van der Waals surface area contributed by atoms with Crippen LogP contribution in [0, 0.1) is 23.7 Å². The first-order chi connectivity index (χ1) is 14.1. The van der Waals surface area contributed by atoms with Crippen LogP contribution in [0.15, 0.2) is 66.9 Å². The van der Waals surface area contributed by atoms with E-state index >= 15 is 0 Å². The summed E-state index contributed by atoms with van der Waals surface area (Å²) in [5.41, 5.74) is 0.896. The molecule has 0 unspecified atom stereocenters. The molecule has 1 aromatic heterocycles. The number of allylic oxidation sites excluding steroid dienone is 2. The number of hydrogen-bond acceptors (Lipinski definition) is 4. The molecule has 2 bridgehead atoms. The maximum absolute atomic E-state index is 13.3. The van der Waals surface area contributed by atoms with E-state index in [0.717, 1.165) is 12.0 Å². The van der Waals surface area contributed by atoms with E-state index in [2.05, 4.69) is 22.5 Å². The van der Waals surface area contributed by atoms with E-state index in [9.17, 15) is 14.4 Å². The minimum absolute atomic E-state index is 0.114. The van der Waals surface area contributed by atoms with Crippen molar-refractivity contribution in [2.75, 3.05) is 5.32 Å². The molecule has 1 saturated heterocycles. The third-order valence-corrected chi connectivity index (χ3v) is 6.31. The highest BCUT2D eigenvalue weighted by Crippen LogP contribution is 2.53. The number of anilines is 1.